The van der Waals surface area contributed by atoms with Gasteiger partial charge in [0.1, 0.15) is 6.29 Å². The molecular formula is C18H31N7O3S. The summed E-state index contributed by atoms with van der Waals surface area (Å²) >= 11 is 0. The third-order valence-electron chi connectivity index (χ3n) is 4.91. The molecule has 0 radical (unpaired) electrons. The van der Waals surface area contributed by atoms with Crippen molar-refractivity contribution >= 4 is 21.7 Å². The molecule has 29 heavy (non-hydrogen) atoms. The number of sulfonamides is 1. The molecule has 3 rings (SSSR count). The first-order chi connectivity index (χ1) is 13.8. The molecule has 0 aromatic heterocycles. The highest BCUT2D eigenvalue weighted by atomic mass is 32.2. The smallest absolute Gasteiger partial charge is 0.312 e. The largest absolute Gasteiger partial charge is 0.321 e. The van der Waals surface area contributed by atoms with Gasteiger partial charge < -0.3 is 21.3 Å². The van der Waals surface area contributed by atoms with Gasteiger partial charge in [-0.25, -0.2) is 17.9 Å². The Kier molecular flexibility index (Phi) is 7.44. The fourth-order valence-corrected chi connectivity index (χ4v) is 4.06. The SMILES string of the molecule is CC1CC(NCCNS(C)(=O)=O)NC(NC(=O)Nc2ccc3c(c2)CCNC3)N1. The van der Waals surface area contributed by atoms with Crippen LogP contribution in [0.5, 0.6) is 0 Å². The minimum atomic E-state index is -3.19. The van der Waals surface area contributed by atoms with Crippen molar-refractivity contribution in [3.05, 3.63) is 29.3 Å². The molecule has 2 amide bonds. The van der Waals surface area contributed by atoms with E-state index >= 15 is 0 Å². The number of hydrogen-bond donors (Lipinski definition) is 7. The van der Waals surface area contributed by atoms with E-state index in [0.717, 1.165) is 37.9 Å². The van der Waals surface area contributed by atoms with E-state index in [1.165, 1.54) is 11.1 Å². The summed E-state index contributed by atoms with van der Waals surface area (Å²) in [4.78, 5) is 12.4. The summed E-state index contributed by atoms with van der Waals surface area (Å²) in [5.74, 6) is 0. The summed E-state index contributed by atoms with van der Waals surface area (Å²) in [5, 5.41) is 18.9. The van der Waals surface area contributed by atoms with E-state index in [0.29, 0.717) is 13.1 Å². The fraction of sp³-hybridized carbons (Fsp3) is 0.611. The normalized spacial score (nSPS) is 24.6. The van der Waals surface area contributed by atoms with Crippen LogP contribution in [-0.2, 0) is 23.0 Å². The third kappa shape index (κ3) is 7.21. The number of fused-ring (bicyclic) bond motifs is 1. The molecule has 162 valence electrons. The molecule has 2 aliphatic rings. The molecule has 11 heteroatoms. The van der Waals surface area contributed by atoms with E-state index in [1.807, 2.05) is 25.1 Å². The van der Waals surface area contributed by atoms with Crippen LogP contribution in [-0.4, -0.2) is 58.8 Å². The predicted molar refractivity (Wildman–Crippen MR) is 113 cm³/mol. The van der Waals surface area contributed by atoms with E-state index in [2.05, 4.69) is 36.6 Å². The molecule has 3 unspecified atom stereocenters. The van der Waals surface area contributed by atoms with Gasteiger partial charge in [0.25, 0.3) is 0 Å². The number of nitrogens with one attached hydrogen (secondary N) is 7. The molecule has 1 aromatic rings. The van der Waals surface area contributed by atoms with Crippen LogP contribution >= 0.6 is 0 Å². The summed E-state index contributed by atoms with van der Waals surface area (Å²) in [7, 11) is -3.19. The second kappa shape index (κ2) is 9.83. The number of benzene rings is 1. The van der Waals surface area contributed by atoms with Crippen LogP contribution in [0.25, 0.3) is 0 Å². The maximum absolute atomic E-state index is 12.4. The predicted octanol–water partition coefficient (Wildman–Crippen LogP) is -0.826. The van der Waals surface area contributed by atoms with E-state index in [-0.39, 0.29) is 18.2 Å². The molecule has 1 aromatic carbocycles. The van der Waals surface area contributed by atoms with Crippen molar-refractivity contribution in [3.63, 3.8) is 0 Å². The summed E-state index contributed by atoms with van der Waals surface area (Å²) in [5.41, 5.74) is 3.30. The summed E-state index contributed by atoms with van der Waals surface area (Å²) in [6.07, 6.45) is 2.44. The topological polar surface area (TPSA) is 135 Å². The molecule has 3 atom stereocenters. The average molecular weight is 426 g/mol. The molecule has 10 nitrogen and oxygen atoms in total. The monoisotopic (exact) mass is 425 g/mol. The van der Waals surface area contributed by atoms with Gasteiger partial charge in [-0.05, 0) is 49.6 Å². The molecule has 0 spiro atoms. The Morgan fingerprint density at radius 1 is 1.21 bits per heavy atom. The van der Waals surface area contributed by atoms with E-state index in [9.17, 15) is 13.2 Å². The average Bonchev–Trinajstić information content (AvgIpc) is 2.64. The minimum absolute atomic E-state index is 0.0471. The zero-order valence-corrected chi connectivity index (χ0v) is 17.7. The summed E-state index contributed by atoms with van der Waals surface area (Å²) < 4.78 is 24.7. The second-order valence-electron chi connectivity index (χ2n) is 7.59. The van der Waals surface area contributed by atoms with Crippen LogP contribution in [0.4, 0.5) is 10.5 Å². The van der Waals surface area contributed by atoms with Crippen molar-refractivity contribution in [1.82, 2.24) is 31.3 Å². The lowest BCUT2D eigenvalue weighted by Crippen LogP contribution is -2.68. The van der Waals surface area contributed by atoms with Crippen molar-refractivity contribution in [2.45, 2.75) is 44.8 Å². The molecule has 2 heterocycles. The number of hydrogen-bond acceptors (Lipinski definition) is 7. The Bertz CT molecular complexity index is 818. The first-order valence-electron chi connectivity index (χ1n) is 9.89. The van der Waals surface area contributed by atoms with Gasteiger partial charge in [-0.1, -0.05) is 6.07 Å². The zero-order valence-electron chi connectivity index (χ0n) is 16.8. The number of anilines is 1. The fourth-order valence-electron chi connectivity index (χ4n) is 3.59. The number of amides is 2. The Morgan fingerprint density at radius 3 is 2.83 bits per heavy atom. The zero-order chi connectivity index (χ0) is 20.9. The van der Waals surface area contributed by atoms with Crippen molar-refractivity contribution < 1.29 is 13.2 Å². The van der Waals surface area contributed by atoms with Gasteiger partial charge >= 0.3 is 6.03 Å². The molecule has 0 aliphatic carbocycles. The first kappa shape index (κ1) is 21.9. The highest BCUT2D eigenvalue weighted by Crippen LogP contribution is 2.19. The van der Waals surface area contributed by atoms with Gasteiger partial charge in [-0.2, -0.15) is 0 Å². The molecule has 0 bridgehead atoms. The molecule has 2 aliphatic heterocycles. The summed E-state index contributed by atoms with van der Waals surface area (Å²) in [6.45, 7) is 4.65. The Hall–Kier alpha value is -1.76. The molecule has 0 saturated carbocycles. The van der Waals surface area contributed by atoms with Gasteiger partial charge in [-0.3, -0.25) is 10.6 Å². The lowest BCUT2D eigenvalue weighted by atomic mass is 10.0. The Balaban J connectivity index is 1.46. The van der Waals surface area contributed by atoms with Gasteiger partial charge in [0.15, 0.2) is 0 Å². The first-order valence-corrected chi connectivity index (χ1v) is 11.8. The van der Waals surface area contributed by atoms with Crippen molar-refractivity contribution in [1.29, 1.82) is 0 Å². The lowest BCUT2D eigenvalue weighted by Gasteiger charge is -2.36. The van der Waals surface area contributed by atoms with Crippen LogP contribution in [0.2, 0.25) is 0 Å². The van der Waals surface area contributed by atoms with Gasteiger partial charge in [0, 0.05) is 31.4 Å². The highest BCUT2D eigenvalue weighted by molar-refractivity contribution is 7.88. The number of rotatable bonds is 7. The van der Waals surface area contributed by atoms with Gasteiger partial charge in [0.2, 0.25) is 10.0 Å². The van der Waals surface area contributed by atoms with E-state index in [4.69, 9.17) is 0 Å². The standard InChI is InChI=1S/C18H31N7O3S/c1-12-9-16(20-7-8-21-29(2,27)28)24-17(22-12)25-18(26)23-15-4-3-14-11-19-6-5-13(14)10-15/h3-4,10,12,16-17,19-22,24H,5-9,11H2,1-2H3,(H2,23,25,26). The lowest BCUT2D eigenvalue weighted by molar-refractivity contribution is 0.194. The number of carbonyl (C=O) groups excluding carboxylic acids is 1. The molecule has 7 N–H and O–H groups in total. The quantitative estimate of drug-likeness (QED) is 0.284. The highest BCUT2D eigenvalue weighted by Gasteiger charge is 2.25. The van der Waals surface area contributed by atoms with Crippen LogP contribution in [0.3, 0.4) is 0 Å². The molecule has 1 fully saturated rings. The van der Waals surface area contributed by atoms with Crippen LogP contribution in [0, 0.1) is 0 Å². The Morgan fingerprint density at radius 2 is 2.03 bits per heavy atom. The van der Waals surface area contributed by atoms with Crippen LogP contribution in [0.15, 0.2) is 18.2 Å². The van der Waals surface area contributed by atoms with Crippen LogP contribution < -0.4 is 36.6 Å². The van der Waals surface area contributed by atoms with E-state index < -0.39 is 16.3 Å². The number of carbonyl (C=O) groups is 1. The van der Waals surface area contributed by atoms with Crippen molar-refractivity contribution in [3.8, 4) is 0 Å². The van der Waals surface area contributed by atoms with Crippen molar-refractivity contribution in [2.24, 2.45) is 0 Å². The summed E-state index contributed by atoms with van der Waals surface area (Å²) in [6, 6.07) is 5.86. The molecule has 1 saturated heterocycles. The van der Waals surface area contributed by atoms with E-state index in [1.54, 1.807) is 0 Å². The maximum atomic E-state index is 12.4. The van der Waals surface area contributed by atoms with Gasteiger partial charge in [0.05, 0.1) is 12.4 Å². The maximum Gasteiger partial charge on any atom is 0.321 e. The molecular weight excluding hydrogens is 394 g/mol. The third-order valence-corrected chi connectivity index (χ3v) is 5.64. The Labute approximate surface area is 172 Å². The van der Waals surface area contributed by atoms with Gasteiger partial charge in [-0.15, -0.1) is 0 Å². The minimum Gasteiger partial charge on any atom is -0.312 e. The number of urea groups is 1. The van der Waals surface area contributed by atoms with Crippen molar-refractivity contribution in [2.75, 3.05) is 31.2 Å². The second-order valence-corrected chi connectivity index (χ2v) is 9.42. The van der Waals surface area contributed by atoms with Crippen LogP contribution in [0.1, 0.15) is 24.5 Å².